The van der Waals surface area contributed by atoms with E-state index in [0.29, 0.717) is 11.3 Å². The van der Waals surface area contributed by atoms with Gasteiger partial charge in [0.05, 0.1) is 6.42 Å². The molecular formula is C12H15NO5S. The Balaban J connectivity index is 2.82. The average Bonchev–Trinajstić information content (AvgIpc) is 2.30. The predicted molar refractivity (Wildman–Crippen MR) is 70.7 cm³/mol. The van der Waals surface area contributed by atoms with E-state index in [2.05, 4.69) is 5.32 Å². The minimum Gasteiger partial charge on any atom is -0.481 e. The first-order chi connectivity index (χ1) is 8.84. The highest BCUT2D eigenvalue weighted by Gasteiger charge is 2.15. The lowest BCUT2D eigenvalue weighted by molar-refractivity contribution is -0.136. The molecule has 0 saturated heterocycles. The van der Waals surface area contributed by atoms with Gasteiger partial charge in [0, 0.05) is 11.4 Å². The Hall–Kier alpha value is -1.89. The van der Waals surface area contributed by atoms with Gasteiger partial charge in [-0.3, -0.25) is 9.59 Å². The number of aliphatic carboxylic acids is 1. The topological polar surface area (TPSA) is 101 Å². The molecule has 0 atom stereocenters. The van der Waals surface area contributed by atoms with Gasteiger partial charge in [0.2, 0.25) is 5.91 Å². The number of carbonyl (C=O) groups is 2. The van der Waals surface area contributed by atoms with E-state index in [1.807, 2.05) is 0 Å². The number of carboxylic acid groups (broad SMARTS) is 1. The number of nitrogens with one attached hydrogen (secondary N) is 1. The second kappa shape index (κ2) is 6.33. The summed E-state index contributed by atoms with van der Waals surface area (Å²) < 4.78 is 22.6. The molecule has 19 heavy (non-hydrogen) atoms. The first-order valence-electron chi connectivity index (χ1n) is 5.64. The van der Waals surface area contributed by atoms with Crippen LogP contribution < -0.4 is 5.32 Å². The smallest absolute Gasteiger partial charge is 0.307 e. The van der Waals surface area contributed by atoms with E-state index in [4.69, 9.17) is 5.11 Å². The quantitative estimate of drug-likeness (QED) is 0.800. The van der Waals surface area contributed by atoms with Gasteiger partial charge in [-0.1, -0.05) is 25.1 Å². The van der Waals surface area contributed by atoms with Crippen LogP contribution in [0.2, 0.25) is 0 Å². The van der Waals surface area contributed by atoms with Crippen LogP contribution in [-0.2, 0) is 25.8 Å². The van der Waals surface area contributed by atoms with Crippen molar-refractivity contribution in [1.82, 2.24) is 0 Å². The average molecular weight is 285 g/mol. The summed E-state index contributed by atoms with van der Waals surface area (Å²) in [5.41, 5.74) is 0.749. The largest absolute Gasteiger partial charge is 0.481 e. The van der Waals surface area contributed by atoms with Crippen molar-refractivity contribution in [2.24, 2.45) is 0 Å². The van der Waals surface area contributed by atoms with Crippen LogP contribution in [-0.4, -0.2) is 36.9 Å². The van der Waals surface area contributed by atoms with Crippen LogP contribution in [0.5, 0.6) is 0 Å². The number of hydrogen-bond acceptors (Lipinski definition) is 4. The molecule has 0 fully saturated rings. The molecule has 104 valence electrons. The number of hydrogen-bond donors (Lipinski definition) is 2. The van der Waals surface area contributed by atoms with Crippen molar-refractivity contribution in [3.05, 3.63) is 29.8 Å². The first-order valence-corrected chi connectivity index (χ1v) is 7.46. The Morgan fingerprint density at radius 2 is 1.89 bits per heavy atom. The second-order valence-corrected chi connectivity index (χ2v) is 6.31. The molecule has 1 aromatic rings. The molecule has 0 heterocycles. The molecule has 6 nitrogen and oxygen atoms in total. The number of rotatable bonds is 6. The molecule has 0 aliphatic heterocycles. The number of amides is 1. The Bertz CT molecular complexity index is 580. The summed E-state index contributed by atoms with van der Waals surface area (Å²) in [5.74, 6) is -2.41. The number of para-hydroxylation sites is 1. The van der Waals surface area contributed by atoms with Crippen LogP contribution >= 0.6 is 0 Å². The van der Waals surface area contributed by atoms with Crippen molar-refractivity contribution < 1.29 is 23.1 Å². The van der Waals surface area contributed by atoms with Gasteiger partial charge in [0.25, 0.3) is 0 Å². The van der Waals surface area contributed by atoms with E-state index >= 15 is 0 Å². The maximum atomic E-state index is 11.6. The molecule has 0 aliphatic rings. The van der Waals surface area contributed by atoms with Crippen LogP contribution in [0, 0.1) is 0 Å². The molecule has 0 aliphatic carbocycles. The van der Waals surface area contributed by atoms with E-state index in [-0.39, 0.29) is 12.2 Å². The fraction of sp³-hybridized carbons (Fsp3) is 0.333. The van der Waals surface area contributed by atoms with Gasteiger partial charge in [0.15, 0.2) is 9.84 Å². The van der Waals surface area contributed by atoms with E-state index < -0.39 is 27.5 Å². The van der Waals surface area contributed by atoms with Gasteiger partial charge >= 0.3 is 5.97 Å². The molecule has 1 amide bonds. The van der Waals surface area contributed by atoms with Crippen molar-refractivity contribution in [2.45, 2.75) is 13.3 Å². The zero-order valence-electron chi connectivity index (χ0n) is 10.4. The van der Waals surface area contributed by atoms with Gasteiger partial charge in [-0.25, -0.2) is 8.42 Å². The van der Waals surface area contributed by atoms with Gasteiger partial charge in [-0.05, 0) is 11.6 Å². The molecule has 0 saturated carbocycles. The van der Waals surface area contributed by atoms with Crippen LogP contribution in [0.25, 0.3) is 0 Å². The van der Waals surface area contributed by atoms with E-state index in [9.17, 15) is 18.0 Å². The number of carboxylic acids is 1. The van der Waals surface area contributed by atoms with Crippen LogP contribution in [0.3, 0.4) is 0 Å². The molecule has 7 heteroatoms. The first kappa shape index (κ1) is 15.2. The van der Waals surface area contributed by atoms with Crippen molar-refractivity contribution in [1.29, 1.82) is 0 Å². The fourth-order valence-corrected chi connectivity index (χ4v) is 2.12. The lowest BCUT2D eigenvalue weighted by Gasteiger charge is -2.09. The van der Waals surface area contributed by atoms with Crippen LogP contribution in [0.1, 0.15) is 12.5 Å². The van der Waals surface area contributed by atoms with E-state index in [0.717, 1.165) is 0 Å². The molecule has 0 bridgehead atoms. The lowest BCUT2D eigenvalue weighted by Crippen LogP contribution is -2.24. The Morgan fingerprint density at radius 3 is 2.47 bits per heavy atom. The van der Waals surface area contributed by atoms with Crippen molar-refractivity contribution in [3.63, 3.8) is 0 Å². The molecule has 0 unspecified atom stereocenters. The Labute approximate surface area is 111 Å². The third kappa shape index (κ3) is 5.09. The number of anilines is 1. The zero-order valence-corrected chi connectivity index (χ0v) is 11.2. The summed E-state index contributed by atoms with van der Waals surface area (Å²) in [7, 11) is -3.40. The van der Waals surface area contributed by atoms with Crippen LogP contribution in [0.15, 0.2) is 24.3 Å². The second-order valence-electron chi connectivity index (χ2n) is 3.95. The molecule has 2 N–H and O–H groups in total. The summed E-state index contributed by atoms with van der Waals surface area (Å²) in [6.07, 6.45) is -0.239. The summed E-state index contributed by atoms with van der Waals surface area (Å²) in [6, 6.07) is 6.39. The van der Waals surface area contributed by atoms with Crippen molar-refractivity contribution in [2.75, 3.05) is 16.8 Å². The monoisotopic (exact) mass is 285 g/mol. The highest BCUT2D eigenvalue weighted by Crippen LogP contribution is 2.15. The summed E-state index contributed by atoms with van der Waals surface area (Å²) in [5, 5.41) is 11.2. The predicted octanol–water partition coefficient (Wildman–Crippen LogP) is 0.687. The SMILES string of the molecule is CCS(=O)(=O)CC(=O)Nc1ccccc1CC(=O)O. The third-order valence-electron chi connectivity index (χ3n) is 2.42. The Morgan fingerprint density at radius 1 is 1.26 bits per heavy atom. The normalized spacial score (nSPS) is 11.0. The molecule has 1 rings (SSSR count). The standard InChI is InChI=1S/C12H15NO5S/c1-2-19(17,18)8-11(14)13-10-6-4-3-5-9(10)7-12(15)16/h3-6H,2,7-8H2,1H3,(H,13,14)(H,15,16). The third-order valence-corrected chi connectivity index (χ3v) is 4.01. The Kier molecular flexibility index (Phi) is 5.05. The fourth-order valence-electron chi connectivity index (χ4n) is 1.45. The van der Waals surface area contributed by atoms with E-state index in [1.165, 1.54) is 13.0 Å². The maximum absolute atomic E-state index is 11.6. The highest BCUT2D eigenvalue weighted by molar-refractivity contribution is 7.92. The molecule has 1 aromatic carbocycles. The molecule has 0 aromatic heterocycles. The van der Waals surface area contributed by atoms with Gasteiger partial charge in [-0.15, -0.1) is 0 Å². The van der Waals surface area contributed by atoms with Gasteiger partial charge in [-0.2, -0.15) is 0 Å². The summed E-state index contributed by atoms with van der Waals surface area (Å²) in [4.78, 5) is 22.3. The zero-order chi connectivity index (χ0) is 14.5. The maximum Gasteiger partial charge on any atom is 0.307 e. The van der Waals surface area contributed by atoms with Gasteiger partial charge < -0.3 is 10.4 Å². The molecular weight excluding hydrogens is 270 g/mol. The molecule has 0 radical (unpaired) electrons. The van der Waals surface area contributed by atoms with Crippen molar-refractivity contribution >= 4 is 27.4 Å². The number of benzene rings is 1. The van der Waals surface area contributed by atoms with E-state index in [1.54, 1.807) is 18.2 Å². The van der Waals surface area contributed by atoms with Crippen LogP contribution in [0.4, 0.5) is 5.69 Å². The van der Waals surface area contributed by atoms with Gasteiger partial charge in [0.1, 0.15) is 5.75 Å². The lowest BCUT2D eigenvalue weighted by atomic mass is 10.1. The minimum atomic E-state index is -3.40. The van der Waals surface area contributed by atoms with Crippen molar-refractivity contribution in [3.8, 4) is 0 Å². The highest BCUT2D eigenvalue weighted by atomic mass is 32.2. The number of carbonyl (C=O) groups excluding carboxylic acids is 1. The summed E-state index contributed by atoms with van der Waals surface area (Å²) >= 11 is 0. The summed E-state index contributed by atoms with van der Waals surface area (Å²) in [6.45, 7) is 1.46. The minimum absolute atomic E-state index is 0.114. The number of sulfone groups is 1. The molecule has 0 spiro atoms.